The van der Waals surface area contributed by atoms with Crippen LogP contribution in [0.4, 0.5) is 0 Å². The van der Waals surface area contributed by atoms with Gasteiger partial charge in [-0.15, -0.1) is 0 Å². The van der Waals surface area contributed by atoms with Gasteiger partial charge < -0.3 is 14.7 Å². The Morgan fingerprint density at radius 1 is 0.857 bits per heavy atom. The van der Waals surface area contributed by atoms with Crippen molar-refractivity contribution in [2.24, 2.45) is 5.73 Å². The molecule has 1 aliphatic carbocycles. The summed E-state index contributed by atoms with van der Waals surface area (Å²) in [5.74, 6) is 2.26. The number of piperidine rings is 1. The van der Waals surface area contributed by atoms with Gasteiger partial charge in [0.2, 0.25) is 0 Å². The molecule has 5 aromatic rings. The number of furan rings is 1. The van der Waals surface area contributed by atoms with Crippen LogP contribution in [-0.2, 0) is 6.54 Å². The van der Waals surface area contributed by atoms with Crippen LogP contribution in [0.1, 0.15) is 82.4 Å². The maximum absolute atomic E-state index is 11.4. The number of rotatable bonds is 8. The summed E-state index contributed by atoms with van der Waals surface area (Å²) in [6.07, 6.45) is 4.45. The molecule has 3 aromatic carbocycles. The van der Waals surface area contributed by atoms with Crippen LogP contribution >= 0.6 is 23.2 Å². The number of amides is 1. The Morgan fingerprint density at radius 2 is 1.48 bits per heavy atom. The fourth-order valence-electron chi connectivity index (χ4n) is 6.36. The highest BCUT2D eigenvalue weighted by atomic mass is 35.5. The lowest BCUT2D eigenvalue weighted by Crippen LogP contribution is -2.34. The molecule has 8 heteroatoms. The summed E-state index contributed by atoms with van der Waals surface area (Å²) in [7, 11) is 0. The number of hydrogen-bond donors (Lipinski definition) is 1. The first-order valence-corrected chi connectivity index (χ1v) is 15.3. The molecule has 3 heterocycles. The second-order valence-corrected chi connectivity index (χ2v) is 12.4. The normalized spacial score (nSPS) is 16.5. The number of primary amides is 1. The number of nitrogens with zero attached hydrogens (tertiary/aromatic N) is 3. The van der Waals surface area contributed by atoms with Gasteiger partial charge in [-0.05, 0) is 90.9 Å². The van der Waals surface area contributed by atoms with E-state index in [9.17, 15) is 4.79 Å². The molecule has 2 N–H and O–H groups in total. The number of fused-ring (bicyclic) bond motifs is 1. The Hall–Kier alpha value is -3.58. The molecule has 0 unspecified atom stereocenters. The van der Waals surface area contributed by atoms with E-state index in [-0.39, 0.29) is 11.7 Å². The van der Waals surface area contributed by atoms with Gasteiger partial charge in [-0.2, -0.15) is 0 Å². The topological polar surface area (TPSA) is 77.3 Å². The molecule has 6 nitrogen and oxygen atoms in total. The lowest BCUT2D eigenvalue weighted by molar-refractivity contribution is 0.0968. The first-order chi connectivity index (χ1) is 20.4. The van der Waals surface area contributed by atoms with Crippen molar-refractivity contribution >= 4 is 40.1 Å². The monoisotopic (exact) mass is 598 g/mol. The van der Waals surface area contributed by atoms with E-state index in [4.69, 9.17) is 38.3 Å². The Labute approximate surface area is 255 Å². The Balaban J connectivity index is 1.21. The van der Waals surface area contributed by atoms with Gasteiger partial charge in [-0.1, -0.05) is 53.5 Å². The van der Waals surface area contributed by atoms with Crippen LogP contribution < -0.4 is 5.73 Å². The van der Waals surface area contributed by atoms with Gasteiger partial charge >= 0.3 is 0 Å². The predicted molar refractivity (Wildman–Crippen MR) is 166 cm³/mol. The molecule has 2 aliphatic rings. The van der Waals surface area contributed by atoms with Crippen molar-refractivity contribution in [1.29, 1.82) is 0 Å². The Kier molecular flexibility index (Phi) is 7.30. The van der Waals surface area contributed by atoms with E-state index in [2.05, 4.69) is 51.9 Å². The van der Waals surface area contributed by atoms with Crippen LogP contribution in [0.15, 0.2) is 83.3 Å². The molecule has 0 bridgehead atoms. The molecule has 1 amide bonds. The number of carbonyl (C=O) groups excluding carboxylic acids is 1. The predicted octanol–water partition coefficient (Wildman–Crippen LogP) is 7.93. The summed E-state index contributed by atoms with van der Waals surface area (Å²) in [6, 6.07) is 26.9. The first kappa shape index (κ1) is 27.3. The average molecular weight is 600 g/mol. The maximum atomic E-state index is 11.4. The third-order valence-electron chi connectivity index (χ3n) is 8.63. The smallest absolute Gasteiger partial charge is 0.284 e. The van der Waals surface area contributed by atoms with Gasteiger partial charge in [0.15, 0.2) is 5.76 Å². The van der Waals surface area contributed by atoms with E-state index < -0.39 is 5.91 Å². The lowest BCUT2D eigenvalue weighted by Gasteiger charge is -2.33. The van der Waals surface area contributed by atoms with Crippen LogP contribution in [0.5, 0.6) is 0 Å². The molecule has 2 fully saturated rings. The van der Waals surface area contributed by atoms with Crippen molar-refractivity contribution in [1.82, 2.24) is 14.5 Å². The zero-order valence-electron chi connectivity index (χ0n) is 23.2. The van der Waals surface area contributed by atoms with Crippen LogP contribution in [0.25, 0.3) is 11.0 Å². The van der Waals surface area contributed by atoms with Gasteiger partial charge in [0.1, 0.15) is 11.6 Å². The van der Waals surface area contributed by atoms with Gasteiger partial charge in [-0.3, -0.25) is 9.69 Å². The molecular formula is C34H32Cl2N4O2. The van der Waals surface area contributed by atoms with Crippen LogP contribution in [-0.4, -0.2) is 33.4 Å². The lowest BCUT2D eigenvalue weighted by atomic mass is 9.85. The average Bonchev–Trinajstić information content (AvgIpc) is 3.61. The van der Waals surface area contributed by atoms with Crippen molar-refractivity contribution in [2.45, 2.75) is 50.1 Å². The van der Waals surface area contributed by atoms with Gasteiger partial charge in [0.05, 0.1) is 17.6 Å². The second-order valence-electron chi connectivity index (χ2n) is 11.5. The van der Waals surface area contributed by atoms with Gasteiger partial charge in [0, 0.05) is 41.0 Å². The van der Waals surface area contributed by atoms with Crippen LogP contribution in [0, 0.1) is 0 Å². The molecule has 42 heavy (non-hydrogen) atoms. The van der Waals surface area contributed by atoms with E-state index in [0.29, 0.717) is 18.5 Å². The molecule has 1 saturated heterocycles. The highest BCUT2D eigenvalue weighted by Gasteiger charge is 2.33. The van der Waals surface area contributed by atoms with E-state index >= 15 is 0 Å². The zero-order chi connectivity index (χ0) is 28.8. The number of imidazole rings is 1. The van der Waals surface area contributed by atoms with E-state index in [1.165, 1.54) is 40.9 Å². The largest absolute Gasteiger partial charge is 0.455 e. The molecular weight excluding hydrogens is 567 g/mol. The number of hydrogen-bond acceptors (Lipinski definition) is 4. The number of carbonyl (C=O) groups is 1. The quantitative estimate of drug-likeness (QED) is 0.184. The second kappa shape index (κ2) is 11.3. The van der Waals surface area contributed by atoms with Crippen molar-refractivity contribution in [3.8, 4) is 0 Å². The van der Waals surface area contributed by atoms with Crippen molar-refractivity contribution in [2.75, 3.05) is 13.1 Å². The summed E-state index contributed by atoms with van der Waals surface area (Å²) >= 11 is 12.5. The summed E-state index contributed by atoms with van der Waals surface area (Å²) in [6.45, 7) is 2.56. The number of benzene rings is 3. The molecule has 1 saturated carbocycles. The van der Waals surface area contributed by atoms with Crippen LogP contribution in [0.3, 0.4) is 0 Å². The highest BCUT2D eigenvalue weighted by molar-refractivity contribution is 6.30. The molecule has 0 spiro atoms. The van der Waals surface area contributed by atoms with Crippen molar-refractivity contribution < 1.29 is 9.21 Å². The minimum absolute atomic E-state index is 0.0390. The van der Waals surface area contributed by atoms with E-state index in [1.54, 1.807) is 6.07 Å². The zero-order valence-corrected chi connectivity index (χ0v) is 24.7. The summed E-state index contributed by atoms with van der Waals surface area (Å²) in [4.78, 5) is 19.0. The molecule has 0 atom stereocenters. The Morgan fingerprint density at radius 3 is 2.05 bits per heavy atom. The molecule has 7 rings (SSSR count). The minimum Gasteiger partial charge on any atom is -0.455 e. The van der Waals surface area contributed by atoms with Crippen LogP contribution in [0.2, 0.25) is 10.0 Å². The van der Waals surface area contributed by atoms with Gasteiger partial charge in [-0.25, -0.2) is 4.98 Å². The number of halogens is 2. The minimum atomic E-state index is -0.534. The summed E-state index contributed by atoms with van der Waals surface area (Å²) < 4.78 is 8.19. The summed E-state index contributed by atoms with van der Waals surface area (Å²) in [5.41, 5.74) is 11.2. The maximum Gasteiger partial charge on any atom is 0.284 e. The third kappa shape index (κ3) is 5.47. The van der Waals surface area contributed by atoms with E-state index in [0.717, 1.165) is 47.3 Å². The number of nitrogens with two attached hydrogens (primary N) is 1. The van der Waals surface area contributed by atoms with Crippen molar-refractivity contribution in [3.05, 3.63) is 123 Å². The van der Waals surface area contributed by atoms with E-state index in [1.807, 2.05) is 30.3 Å². The fraction of sp³-hybridized carbons (Fsp3) is 0.294. The Bertz CT molecular complexity index is 1680. The standard InChI is InChI=1S/C34H32Cl2N4O2/c35-25-8-3-21(4-9-25)32(22-5-10-26(36)11-6-22)24-7-13-29-30(19-24)40(34(38-29)23-1-2-23)27-15-17-39(18-16-27)20-28-12-14-31(42-28)33(37)41/h3-14,19,23,27,32H,1-2,15-18,20H2,(H2,37,41). The first-order valence-electron chi connectivity index (χ1n) is 14.6. The fourth-order valence-corrected chi connectivity index (χ4v) is 6.61. The summed E-state index contributed by atoms with van der Waals surface area (Å²) in [5, 5.41) is 1.45. The van der Waals surface area contributed by atoms with Crippen molar-refractivity contribution in [3.63, 3.8) is 0 Å². The molecule has 2 aromatic heterocycles. The highest BCUT2D eigenvalue weighted by Crippen LogP contribution is 2.44. The molecule has 1 aliphatic heterocycles. The third-order valence-corrected chi connectivity index (χ3v) is 9.13. The number of likely N-dealkylation sites (tertiary alicyclic amines) is 1. The molecule has 214 valence electrons. The van der Waals surface area contributed by atoms with Gasteiger partial charge in [0.25, 0.3) is 5.91 Å². The molecule has 0 radical (unpaired) electrons. The number of aromatic nitrogens is 2. The SMILES string of the molecule is NC(=O)c1ccc(CN2CCC(n3c(C4CC4)nc4ccc(C(c5ccc(Cl)cc5)c5ccc(Cl)cc5)cc43)CC2)o1.